The Bertz CT molecular complexity index is 1170. The van der Waals surface area contributed by atoms with Gasteiger partial charge in [0.25, 0.3) is 0 Å². The van der Waals surface area contributed by atoms with E-state index in [4.69, 9.17) is 4.74 Å². The number of thioether (sulfide) groups is 1. The number of aliphatic hydroxyl groups is 1. The fourth-order valence-corrected chi connectivity index (χ4v) is 5.23. The minimum absolute atomic E-state index is 0.136. The number of β-amino-alcohol motifs (C(OH)–C–C–N with tert-alkyl or cyclic N) is 1. The van der Waals surface area contributed by atoms with Crippen LogP contribution in [0.4, 0.5) is 10.5 Å². The first-order chi connectivity index (χ1) is 18.4. The molecule has 9 nitrogen and oxygen atoms in total. The highest BCUT2D eigenvalue weighted by molar-refractivity contribution is 7.98. The van der Waals surface area contributed by atoms with Gasteiger partial charge in [-0.05, 0) is 82.0 Å². The zero-order valence-electron chi connectivity index (χ0n) is 23.2. The van der Waals surface area contributed by atoms with Crippen molar-refractivity contribution < 1.29 is 29.3 Å². The van der Waals surface area contributed by atoms with Gasteiger partial charge in [0.1, 0.15) is 5.60 Å². The number of aliphatic hydroxyl groups excluding tert-OH is 1. The highest BCUT2D eigenvalue weighted by Crippen LogP contribution is 2.32. The molecule has 0 radical (unpaired) electrons. The molecular formula is C29H39N3O6S. The topological polar surface area (TPSA) is 128 Å². The molecule has 2 aromatic carbocycles. The van der Waals surface area contributed by atoms with E-state index in [1.807, 2.05) is 42.7 Å². The van der Waals surface area contributed by atoms with Gasteiger partial charge < -0.3 is 25.2 Å². The number of carbonyl (C=O) groups excluding carboxylic acids is 2. The van der Waals surface area contributed by atoms with Crippen LogP contribution >= 0.6 is 11.8 Å². The van der Waals surface area contributed by atoms with Gasteiger partial charge in [0.05, 0.1) is 18.7 Å². The highest BCUT2D eigenvalue weighted by Gasteiger charge is 2.45. The number of carboxylic acids is 1. The lowest BCUT2D eigenvalue weighted by atomic mass is 9.83. The van der Waals surface area contributed by atoms with Crippen LogP contribution in [0, 0.1) is 0 Å². The Morgan fingerprint density at radius 3 is 2.41 bits per heavy atom. The van der Waals surface area contributed by atoms with Crippen molar-refractivity contribution in [2.24, 2.45) is 0 Å². The van der Waals surface area contributed by atoms with Crippen LogP contribution in [0.3, 0.4) is 0 Å². The third-order valence-electron chi connectivity index (χ3n) is 6.77. The molecule has 0 unspecified atom stereocenters. The Hall–Kier alpha value is -3.08. The largest absolute Gasteiger partial charge is 0.480 e. The number of nitrogens with zero attached hydrogens (tertiary/aromatic N) is 1. The predicted molar refractivity (Wildman–Crippen MR) is 154 cm³/mol. The van der Waals surface area contributed by atoms with Gasteiger partial charge in [-0.15, -0.1) is 0 Å². The summed E-state index contributed by atoms with van der Waals surface area (Å²) >= 11 is 1.48. The molecule has 0 spiro atoms. The monoisotopic (exact) mass is 557 g/mol. The molecule has 1 amide bonds. The van der Waals surface area contributed by atoms with Gasteiger partial charge in [0.2, 0.25) is 0 Å². The molecule has 0 aliphatic carbocycles. The van der Waals surface area contributed by atoms with Crippen LogP contribution in [0.2, 0.25) is 0 Å². The van der Waals surface area contributed by atoms with Gasteiger partial charge in [-0.1, -0.05) is 30.3 Å². The van der Waals surface area contributed by atoms with Crippen molar-refractivity contribution in [2.45, 2.75) is 56.9 Å². The van der Waals surface area contributed by atoms with Crippen molar-refractivity contribution >= 4 is 35.3 Å². The summed E-state index contributed by atoms with van der Waals surface area (Å²) in [6.07, 6.45) is 1.30. The molecule has 0 bridgehead atoms. The third kappa shape index (κ3) is 7.32. The lowest BCUT2D eigenvalue weighted by molar-refractivity contribution is -0.142. The second kappa shape index (κ2) is 12.8. The summed E-state index contributed by atoms with van der Waals surface area (Å²) in [5, 5.41) is 26.5. The fraction of sp³-hybridized carbons (Fsp3) is 0.483. The summed E-state index contributed by atoms with van der Waals surface area (Å²) in [4.78, 5) is 40.4. The van der Waals surface area contributed by atoms with Crippen molar-refractivity contribution in [2.75, 3.05) is 37.5 Å². The molecule has 10 heteroatoms. The molecule has 1 heterocycles. The number of benzene rings is 2. The summed E-state index contributed by atoms with van der Waals surface area (Å²) in [6, 6.07) is 14.3. The van der Waals surface area contributed by atoms with E-state index in [2.05, 4.69) is 10.6 Å². The average Bonchev–Trinajstić information content (AvgIpc) is 3.28. The van der Waals surface area contributed by atoms with Gasteiger partial charge in [-0.3, -0.25) is 10.1 Å². The predicted octanol–water partition coefficient (Wildman–Crippen LogP) is 4.11. The maximum atomic E-state index is 13.8. The molecule has 3 atom stereocenters. The number of aliphatic carboxylic acids is 1. The summed E-state index contributed by atoms with van der Waals surface area (Å²) in [5.41, 5.74) is -0.0246. The first-order valence-electron chi connectivity index (χ1n) is 13.0. The Labute approximate surface area is 234 Å². The van der Waals surface area contributed by atoms with E-state index >= 15 is 0 Å². The molecule has 0 aromatic heterocycles. The number of likely N-dealkylation sites (tertiary alicyclic amines) is 1. The molecule has 1 saturated heterocycles. The molecule has 212 valence electrons. The molecule has 1 fully saturated rings. The Morgan fingerprint density at radius 1 is 1.13 bits per heavy atom. The van der Waals surface area contributed by atoms with Crippen molar-refractivity contribution in [3.8, 4) is 11.1 Å². The maximum absolute atomic E-state index is 13.8. The Balaban J connectivity index is 1.92. The molecule has 39 heavy (non-hydrogen) atoms. The van der Waals surface area contributed by atoms with Gasteiger partial charge >= 0.3 is 12.1 Å². The summed E-state index contributed by atoms with van der Waals surface area (Å²) in [6.45, 7) is 5.95. The maximum Gasteiger partial charge on any atom is 0.410 e. The van der Waals surface area contributed by atoms with E-state index in [0.29, 0.717) is 35.5 Å². The van der Waals surface area contributed by atoms with Crippen molar-refractivity contribution in [3.05, 3.63) is 54.1 Å². The summed E-state index contributed by atoms with van der Waals surface area (Å²) in [5.74, 6) is -1.22. The minimum atomic E-state index is -1.75. The zero-order chi connectivity index (χ0) is 28.8. The van der Waals surface area contributed by atoms with Crippen LogP contribution in [0.1, 0.15) is 44.0 Å². The lowest BCUT2D eigenvalue weighted by Gasteiger charge is -2.29. The van der Waals surface area contributed by atoms with Gasteiger partial charge in [0, 0.05) is 17.8 Å². The number of anilines is 1. The van der Waals surface area contributed by atoms with Crippen molar-refractivity contribution in [1.82, 2.24) is 10.2 Å². The Kier molecular flexibility index (Phi) is 10.0. The molecule has 1 aliphatic heterocycles. The highest BCUT2D eigenvalue weighted by atomic mass is 32.2. The number of carboxylic acid groups (broad SMARTS) is 1. The first-order valence-corrected chi connectivity index (χ1v) is 14.4. The van der Waals surface area contributed by atoms with E-state index in [1.54, 1.807) is 37.8 Å². The number of hydrogen-bond acceptors (Lipinski definition) is 8. The number of hydrogen-bond donors (Lipinski definition) is 4. The number of ether oxygens (including phenoxy) is 1. The summed E-state index contributed by atoms with van der Waals surface area (Å²) < 4.78 is 5.52. The van der Waals surface area contributed by atoms with E-state index < -0.39 is 35.1 Å². The SMILES string of the molecule is CN[C@@](CCSC)(C(=O)O)C(=O)c1ccc(NC[C@@H]2C[C@@H](O)CN2C(=O)OC(C)(C)C)cc1-c1ccccc1. The number of likely N-dealkylation sites (N-methyl/N-ethyl adjacent to an activating group) is 1. The third-order valence-corrected chi connectivity index (χ3v) is 7.38. The summed E-state index contributed by atoms with van der Waals surface area (Å²) in [7, 11) is 1.50. The standard InChI is InChI=1S/C29H39N3O6S/c1-28(2,3)38-27(37)32-18-22(33)16-21(32)17-31-20-11-12-23(24(15-20)19-9-7-6-8-10-19)25(34)29(30-4,26(35)36)13-14-39-5/h6-12,15,21-22,30-31,33H,13-14,16-18H2,1-5H3,(H,35,36)/t21-,22+,29+/m0/s1. The fourth-order valence-electron chi connectivity index (χ4n) is 4.72. The number of rotatable bonds is 11. The minimum Gasteiger partial charge on any atom is -0.480 e. The number of Topliss-reactive ketones (excluding diaryl/α,β-unsaturated/α-hetero) is 1. The molecule has 0 saturated carbocycles. The van der Waals surface area contributed by atoms with Crippen molar-refractivity contribution in [1.29, 1.82) is 0 Å². The smallest absolute Gasteiger partial charge is 0.410 e. The van der Waals surface area contributed by atoms with E-state index in [0.717, 1.165) is 5.56 Å². The van der Waals surface area contributed by atoms with Crippen LogP contribution < -0.4 is 10.6 Å². The molecule has 1 aliphatic rings. The van der Waals surface area contributed by atoms with E-state index in [-0.39, 0.29) is 19.0 Å². The van der Waals surface area contributed by atoms with Gasteiger partial charge in [-0.25, -0.2) is 9.59 Å². The molecule has 2 aromatic rings. The Morgan fingerprint density at radius 2 is 1.82 bits per heavy atom. The number of ketones is 1. The molecular weight excluding hydrogens is 518 g/mol. The normalized spacial score (nSPS) is 18.9. The van der Waals surface area contributed by atoms with Crippen LogP contribution in [-0.2, 0) is 9.53 Å². The van der Waals surface area contributed by atoms with Crippen LogP contribution in [-0.4, -0.2) is 88.4 Å². The van der Waals surface area contributed by atoms with Gasteiger partial charge in [0.15, 0.2) is 11.3 Å². The quantitative estimate of drug-likeness (QED) is 0.238. The van der Waals surface area contributed by atoms with E-state index in [1.165, 1.54) is 18.8 Å². The molecule has 4 N–H and O–H groups in total. The van der Waals surface area contributed by atoms with Crippen LogP contribution in [0.5, 0.6) is 0 Å². The second-order valence-electron chi connectivity index (χ2n) is 10.7. The number of carbonyl (C=O) groups is 3. The number of nitrogens with one attached hydrogen (secondary N) is 2. The van der Waals surface area contributed by atoms with Gasteiger partial charge in [-0.2, -0.15) is 11.8 Å². The first kappa shape index (κ1) is 30.5. The van der Waals surface area contributed by atoms with E-state index in [9.17, 15) is 24.6 Å². The zero-order valence-corrected chi connectivity index (χ0v) is 24.0. The average molecular weight is 558 g/mol. The number of amides is 1. The lowest BCUT2D eigenvalue weighted by Crippen LogP contribution is -2.57. The molecule has 3 rings (SSSR count). The van der Waals surface area contributed by atoms with Crippen molar-refractivity contribution in [3.63, 3.8) is 0 Å². The second-order valence-corrected chi connectivity index (χ2v) is 11.7. The van der Waals surface area contributed by atoms with Crippen LogP contribution in [0.15, 0.2) is 48.5 Å². The van der Waals surface area contributed by atoms with Crippen LogP contribution in [0.25, 0.3) is 11.1 Å².